The van der Waals surface area contributed by atoms with E-state index in [4.69, 9.17) is 22.3 Å². The molecule has 5 atom stereocenters. The Labute approximate surface area is 232 Å². The highest BCUT2D eigenvalue weighted by atomic mass is 16.4. The zero-order valence-electron chi connectivity index (χ0n) is 23.1. The van der Waals surface area contributed by atoms with Crippen molar-refractivity contribution in [3.05, 3.63) is 0 Å². The van der Waals surface area contributed by atoms with Crippen molar-refractivity contribution in [1.82, 2.24) is 21.3 Å². The van der Waals surface area contributed by atoms with Gasteiger partial charge in [0.2, 0.25) is 29.5 Å². The van der Waals surface area contributed by atoms with Crippen molar-refractivity contribution in [3.8, 4) is 0 Å². The van der Waals surface area contributed by atoms with Gasteiger partial charge in [-0.1, -0.05) is 13.8 Å². The Hall–Kier alpha value is -3.79. The number of carbonyl (C=O) groups excluding carboxylic acids is 5. The number of primary amides is 1. The van der Waals surface area contributed by atoms with Gasteiger partial charge in [-0.05, 0) is 51.5 Å². The van der Waals surface area contributed by atoms with E-state index in [1.807, 2.05) is 0 Å². The molecule has 0 spiro atoms. The Morgan fingerprint density at radius 1 is 0.700 bits per heavy atom. The average molecular weight is 574 g/mol. The summed E-state index contributed by atoms with van der Waals surface area (Å²) in [5, 5.41) is 27.8. The Morgan fingerprint density at radius 2 is 1.18 bits per heavy atom. The van der Waals surface area contributed by atoms with Gasteiger partial charge in [0.05, 0.1) is 12.5 Å². The molecule has 5 amide bonds. The number of carboxylic acid groups (broad SMARTS) is 2. The van der Waals surface area contributed by atoms with Crippen molar-refractivity contribution >= 4 is 41.5 Å². The van der Waals surface area contributed by atoms with Gasteiger partial charge in [-0.2, -0.15) is 0 Å². The second-order valence-corrected chi connectivity index (χ2v) is 9.89. The van der Waals surface area contributed by atoms with Gasteiger partial charge in [0.25, 0.3) is 0 Å². The predicted molar refractivity (Wildman–Crippen MR) is 142 cm³/mol. The van der Waals surface area contributed by atoms with E-state index in [0.29, 0.717) is 12.8 Å². The van der Waals surface area contributed by atoms with Gasteiger partial charge in [-0.25, -0.2) is 4.79 Å². The molecule has 0 rings (SSSR count). The molecule has 16 heteroatoms. The van der Waals surface area contributed by atoms with Gasteiger partial charge in [0.1, 0.15) is 24.2 Å². The number of carbonyl (C=O) groups is 7. The Kier molecular flexibility index (Phi) is 16.7. The molecule has 0 aliphatic rings. The van der Waals surface area contributed by atoms with Crippen LogP contribution < -0.4 is 38.5 Å². The Balaban J connectivity index is 5.88. The predicted octanol–water partition coefficient (Wildman–Crippen LogP) is -2.73. The van der Waals surface area contributed by atoms with Crippen molar-refractivity contribution in [2.75, 3.05) is 6.54 Å². The van der Waals surface area contributed by atoms with Gasteiger partial charge in [-0.3, -0.25) is 28.8 Å². The number of amides is 5. The largest absolute Gasteiger partial charge is 0.481 e. The van der Waals surface area contributed by atoms with Crippen LogP contribution in [0.2, 0.25) is 0 Å². The molecule has 0 aromatic rings. The smallest absolute Gasteiger partial charge is 0.326 e. The van der Waals surface area contributed by atoms with Crippen LogP contribution in [0.4, 0.5) is 0 Å². The van der Waals surface area contributed by atoms with Gasteiger partial charge in [0.15, 0.2) is 0 Å². The lowest BCUT2D eigenvalue weighted by molar-refractivity contribution is -0.143. The van der Waals surface area contributed by atoms with E-state index in [0.717, 1.165) is 0 Å². The normalized spacial score (nSPS) is 14.7. The highest BCUT2D eigenvalue weighted by Crippen LogP contribution is 2.08. The number of aliphatic carboxylic acids is 2. The molecular weight excluding hydrogens is 530 g/mol. The van der Waals surface area contributed by atoms with Gasteiger partial charge < -0.3 is 48.7 Å². The third-order valence-electron chi connectivity index (χ3n) is 5.63. The lowest BCUT2D eigenvalue weighted by atomic mass is 10.0. The molecule has 0 unspecified atom stereocenters. The zero-order chi connectivity index (χ0) is 31.0. The summed E-state index contributed by atoms with van der Waals surface area (Å²) < 4.78 is 0. The van der Waals surface area contributed by atoms with E-state index in [1.54, 1.807) is 13.8 Å². The molecule has 0 heterocycles. The number of hydrogen-bond donors (Lipinski definition) is 9. The van der Waals surface area contributed by atoms with E-state index >= 15 is 0 Å². The monoisotopic (exact) mass is 573 g/mol. The zero-order valence-corrected chi connectivity index (χ0v) is 23.1. The topological polar surface area (TPSA) is 286 Å². The highest BCUT2D eigenvalue weighted by molar-refractivity contribution is 5.97. The summed E-state index contributed by atoms with van der Waals surface area (Å²) in [7, 11) is 0. The first kappa shape index (κ1) is 36.2. The van der Waals surface area contributed by atoms with E-state index in [9.17, 15) is 38.7 Å². The molecule has 0 saturated carbocycles. The summed E-state index contributed by atoms with van der Waals surface area (Å²) in [6, 6.07) is -6.46. The fourth-order valence-electron chi connectivity index (χ4n) is 3.52. The molecule has 0 aromatic heterocycles. The van der Waals surface area contributed by atoms with Crippen molar-refractivity contribution in [1.29, 1.82) is 0 Å². The van der Waals surface area contributed by atoms with Crippen LogP contribution in [0.25, 0.3) is 0 Å². The van der Waals surface area contributed by atoms with Crippen LogP contribution in [0.5, 0.6) is 0 Å². The summed E-state index contributed by atoms with van der Waals surface area (Å²) in [5.74, 6) is -7.02. The number of hydrogen-bond acceptors (Lipinski definition) is 9. The number of unbranched alkanes of at least 4 members (excludes halogenated alkanes) is 1. The Morgan fingerprint density at radius 3 is 1.62 bits per heavy atom. The molecule has 0 aliphatic carbocycles. The molecule has 0 aliphatic heterocycles. The van der Waals surface area contributed by atoms with Gasteiger partial charge in [-0.15, -0.1) is 0 Å². The van der Waals surface area contributed by atoms with Gasteiger partial charge >= 0.3 is 11.9 Å². The summed E-state index contributed by atoms with van der Waals surface area (Å²) in [6.45, 7) is 5.15. The molecule has 0 fully saturated rings. The first-order valence-electron chi connectivity index (χ1n) is 13.0. The van der Waals surface area contributed by atoms with Gasteiger partial charge in [0, 0.05) is 6.42 Å². The molecule has 40 heavy (non-hydrogen) atoms. The Bertz CT molecular complexity index is 911. The highest BCUT2D eigenvalue weighted by Gasteiger charge is 2.32. The SMILES string of the molecule is CC(C)C[C@H](NC(=O)[C@H](CC(N)=O)NC(=O)[C@H](CCCCN)NC(=O)[C@H](CCC(=O)O)NC(=O)[C@H](C)N)C(=O)O. The van der Waals surface area contributed by atoms with Crippen LogP contribution in [0, 0.1) is 5.92 Å². The second-order valence-electron chi connectivity index (χ2n) is 9.89. The second kappa shape index (κ2) is 18.5. The maximum Gasteiger partial charge on any atom is 0.326 e. The minimum atomic E-state index is -1.55. The van der Waals surface area contributed by atoms with Crippen molar-refractivity contribution in [2.45, 2.75) is 95.9 Å². The standard InChI is InChI=1S/C24H43N7O9/c1-12(2)10-17(24(39)40)31-23(38)16(11-18(27)32)30-21(36)14(6-4-5-9-25)29-22(37)15(7-8-19(33)34)28-20(35)13(3)26/h12-17H,4-11,25-26H2,1-3H3,(H2,27,32)(H,28,35)(H,29,37)(H,30,36)(H,31,38)(H,33,34)(H,39,40)/t13-,14-,15-,16-,17-/m0/s1. The maximum atomic E-state index is 13.2. The summed E-state index contributed by atoms with van der Waals surface area (Å²) >= 11 is 0. The number of carboxylic acids is 2. The molecule has 0 bridgehead atoms. The number of nitrogens with two attached hydrogens (primary N) is 3. The number of nitrogens with one attached hydrogen (secondary N) is 4. The minimum Gasteiger partial charge on any atom is -0.481 e. The maximum absolute atomic E-state index is 13.2. The van der Waals surface area contributed by atoms with Crippen LogP contribution in [-0.2, 0) is 33.6 Å². The molecule has 0 saturated heterocycles. The summed E-state index contributed by atoms with van der Waals surface area (Å²) in [4.78, 5) is 85.3. The first-order chi connectivity index (χ1) is 18.6. The molecule has 0 aromatic carbocycles. The van der Waals surface area contributed by atoms with Crippen molar-refractivity contribution in [2.24, 2.45) is 23.1 Å². The lowest BCUT2D eigenvalue weighted by Gasteiger charge is -2.26. The third-order valence-corrected chi connectivity index (χ3v) is 5.63. The lowest BCUT2D eigenvalue weighted by Crippen LogP contribution is -2.58. The average Bonchev–Trinajstić information content (AvgIpc) is 2.83. The van der Waals surface area contributed by atoms with E-state index in [-0.39, 0.29) is 31.7 Å². The van der Waals surface area contributed by atoms with E-state index in [1.165, 1.54) is 6.92 Å². The van der Waals surface area contributed by atoms with Crippen LogP contribution >= 0.6 is 0 Å². The van der Waals surface area contributed by atoms with Crippen LogP contribution in [0.1, 0.15) is 65.7 Å². The van der Waals surface area contributed by atoms with Crippen molar-refractivity contribution in [3.63, 3.8) is 0 Å². The molecule has 16 nitrogen and oxygen atoms in total. The van der Waals surface area contributed by atoms with Crippen molar-refractivity contribution < 1.29 is 43.8 Å². The minimum absolute atomic E-state index is 0.0394. The third kappa shape index (κ3) is 15.0. The summed E-state index contributed by atoms with van der Waals surface area (Å²) in [5.41, 5.74) is 16.3. The number of rotatable bonds is 20. The molecular formula is C24H43N7O9. The molecule has 0 radical (unpaired) electrons. The van der Waals surface area contributed by atoms with E-state index in [2.05, 4.69) is 21.3 Å². The summed E-state index contributed by atoms with van der Waals surface area (Å²) in [6.07, 6.45) is -0.453. The van der Waals surface area contributed by atoms with E-state index < -0.39 is 84.5 Å². The fourth-order valence-corrected chi connectivity index (χ4v) is 3.52. The molecule has 12 N–H and O–H groups in total. The molecule has 228 valence electrons. The van der Waals surface area contributed by atoms with Crippen LogP contribution in [-0.4, -0.2) is 88.4 Å². The quantitative estimate of drug-likeness (QED) is 0.0674. The fraction of sp³-hybridized carbons (Fsp3) is 0.708. The van der Waals surface area contributed by atoms with Crippen LogP contribution in [0.3, 0.4) is 0 Å². The first-order valence-corrected chi connectivity index (χ1v) is 13.0. The van der Waals surface area contributed by atoms with Crippen LogP contribution in [0.15, 0.2) is 0 Å².